The van der Waals surface area contributed by atoms with Crippen molar-refractivity contribution in [1.82, 2.24) is 4.90 Å². The predicted octanol–water partition coefficient (Wildman–Crippen LogP) is 2.83. The quantitative estimate of drug-likeness (QED) is 0.609. The van der Waals surface area contributed by atoms with Crippen molar-refractivity contribution in [3.63, 3.8) is 0 Å². The molecule has 1 heterocycles. The number of nitrogens with zero attached hydrogens (tertiary/aromatic N) is 1. The first-order valence-corrected chi connectivity index (χ1v) is 7.32. The lowest BCUT2D eigenvalue weighted by molar-refractivity contribution is 0.316. The summed E-state index contributed by atoms with van der Waals surface area (Å²) in [6.07, 6.45) is 3.90. The van der Waals surface area contributed by atoms with Gasteiger partial charge in [0.25, 0.3) is 0 Å². The molecule has 0 aliphatic carbocycles. The summed E-state index contributed by atoms with van der Waals surface area (Å²) < 4.78 is 0. The van der Waals surface area contributed by atoms with E-state index in [1.807, 2.05) is 18.2 Å². The van der Waals surface area contributed by atoms with Crippen molar-refractivity contribution in [3.8, 4) is 0 Å². The van der Waals surface area contributed by atoms with E-state index in [9.17, 15) is 0 Å². The van der Waals surface area contributed by atoms with E-state index in [2.05, 4.69) is 24.0 Å². The fourth-order valence-electron chi connectivity index (χ4n) is 3.05. The number of nitrogens with two attached hydrogens (primary N) is 1. The van der Waals surface area contributed by atoms with Crippen LogP contribution >= 0.6 is 0 Å². The Bertz CT molecular complexity index is 402. The van der Waals surface area contributed by atoms with Gasteiger partial charge < -0.3 is 10.6 Å². The van der Waals surface area contributed by atoms with E-state index >= 15 is 0 Å². The van der Waals surface area contributed by atoms with Crippen LogP contribution < -0.4 is 5.73 Å². The Morgan fingerprint density at radius 2 is 2.16 bits per heavy atom. The summed E-state index contributed by atoms with van der Waals surface area (Å²) in [6.45, 7) is 5.47. The van der Waals surface area contributed by atoms with Gasteiger partial charge in [0.2, 0.25) is 0 Å². The summed E-state index contributed by atoms with van der Waals surface area (Å²) in [6, 6.07) is 10.2. The van der Waals surface area contributed by atoms with Gasteiger partial charge in [-0.3, -0.25) is 5.41 Å². The Morgan fingerprint density at radius 3 is 2.79 bits per heavy atom. The maximum atomic E-state index is 7.84. The highest BCUT2D eigenvalue weighted by atomic mass is 15.1. The molecule has 0 radical (unpaired) electrons. The largest absolute Gasteiger partial charge is 0.387 e. The van der Waals surface area contributed by atoms with Gasteiger partial charge in [-0.1, -0.05) is 43.7 Å². The van der Waals surface area contributed by atoms with Crippen LogP contribution in [0.15, 0.2) is 30.3 Å². The summed E-state index contributed by atoms with van der Waals surface area (Å²) in [7, 11) is 0. The van der Waals surface area contributed by atoms with E-state index in [4.69, 9.17) is 11.1 Å². The Balaban J connectivity index is 1.97. The molecule has 2 atom stereocenters. The molecule has 1 saturated heterocycles. The van der Waals surface area contributed by atoms with Crippen molar-refractivity contribution in [2.45, 2.75) is 32.1 Å². The van der Waals surface area contributed by atoms with Crippen LogP contribution in [-0.2, 0) is 0 Å². The highest BCUT2D eigenvalue weighted by Crippen LogP contribution is 2.24. The van der Waals surface area contributed by atoms with Gasteiger partial charge in [-0.25, -0.2) is 0 Å². The van der Waals surface area contributed by atoms with E-state index in [0.717, 1.165) is 24.6 Å². The molecule has 1 aromatic carbocycles. The van der Waals surface area contributed by atoms with Crippen LogP contribution in [-0.4, -0.2) is 30.4 Å². The number of likely N-dealkylation sites (tertiary alicyclic amines) is 1. The topological polar surface area (TPSA) is 53.1 Å². The second-order valence-electron chi connectivity index (χ2n) is 5.62. The first-order chi connectivity index (χ1) is 9.20. The monoisotopic (exact) mass is 259 g/mol. The minimum Gasteiger partial charge on any atom is -0.387 e. The SMILES string of the molecule is CCCC1CCN(CC(C(=N)N)c2ccccc2)C1. The number of nitrogens with one attached hydrogen (secondary N) is 1. The second-order valence-corrected chi connectivity index (χ2v) is 5.62. The van der Waals surface area contributed by atoms with Crippen LogP contribution in [0.4, 0.5) is 0 Å². The predicted molar refractivity (Wildman–Crippen MR) is 80.6 cm³/mol. The Labute approximate surface area is 116 Å². The Kier molecular flexibility index (Phi) is 4.97. The molecule has 104 valence electrons. The van der Waals surface area contributed by atoms with E-state index in [1.54, 1.807) is 0 Å². The molecule has 19 heavy (non-hydrogen) atoms. The summed E-state index contributed by atoms with van der Waals surface area (Å²) in [5.74, 6) is 1.17. The molecule has 1 aliphatic heterocycles. The van der Waals surface area contributed by atoms with Gasteiger partial charge in [-0.15, -0.1) is 0 Å². The van der Waals surface area contributed by atoms with Gasteiger partial charge in [-0.05, 0) is 30.9 Å². The van der Waals surface area contributed by atoms with Crippen LogP contribution in [0.5, 0.6) is 0 Å². The van der Waals surface area contributed by atoms with Crippen LogP contribution in [0.3, 0.4) is 0 Å². The molecule has 0 amide bonds. The average Bonchev–Trinajstić information content (AvgIpc) is 2.85. The molecule has 1 aliphatic rings. The third-order valence-corrected chi connectivity index (χ3v) is 4.09. The maximum Gasteiger partial charge on any atom is 0.0995 e. The van der Waals surface area contributed by atoms with Gasteiger partial charge in [0.1, 0.15) is 0 Å². The number of benzene rings is 1. The summed E-state index contributed by atoms with van der Waals surface area (Å²) in [5, 5.41) is 7.84. The van der Waals surface area contributed by atoms with Gasteiger partial charge in [0.15, 0.2) is 0 Å². The van der Waals surface area contributed by atoms with Crippen LogP contribution in [0.2, 0.25) is 0 Å². The van der Waals surface area contributed by atoms with Crippen molar-refractivity contribution in [3.05, 3.63) is 35.9 Å². The first kappa shape index (κ1) is 14.1. The third kappa shape index (κ3) is 3.80. The molecule has 0 spiro atoms. The molecule has 0 aromatic heterocycles. The lowest BCUT2D eigenvalue weighted by atomic mass is 9.97. The second kappa shape index (κ2) is 6.71. The van der Waals surface area contributed by atoms with E-state index in [-0.39, 0.29) is 11.8 Å². The smallest absolute Gasteiger partial charge is 0.0995 e. The molecular formula is C16H25N3. The zero-order valence-corrected chi connectivity index (χ0v) is 11.8. The molecular weight excluding hydrogens is 234 g/mol. The summed E-state index contributed by atoms with van der Waals surface area (Å²) >= 11 is 0. The minimum absolute atomic E-state index is 0.0431. The molecule has 0 bridgehead atoms. The van der Waals surface area contributed by atoms with Crippen molar-refractivity contribution < 1.29 is 0 Å². The molecule has 1 fully saturated rings. The molecule has 3 nitrogen and oxygen atoms in total. The van der Waals surface area contributed by atoms with Crippen LogP contribution in [0, 0.1) is 11.3 Å². The van der Waals surface area contributed by atoms with Crippen LogP contribution in [0.25, 0.3) is 0 Å². The first-order valence-electron chi connectivity index (χ1n) is 7.32. The zero-order valence-electron chi connectivity index (χ0n) is 11.8. The van der Waals surface area contributed by atoms with E-state index in [0.29, 0.717) is 0 Å². The molecule has 3 N–H and O–H groups in total. The van der Waals surface area contributed by atoms with Gasteiger partial charge in [0.05, 0.1) is 11.8 Å². The Morgan fingerprint density at radius 1 is 1.42 bits per heavy atom. The van der Waals surface area contributed by atoms with E-state index < -0.39 is 0 Å². The number of rotatable bonds is 6. The minimum atomic E-state index is 0.0431. The molecule has 2 rings (SSSR count). The van der Waals surface area contributed by atoms with Crippen molar-refractivity contribution >= 4 is 5.84 Å². The summed E-state index contributed by atoms with van der Waals surface area (Å²) in [4.78, 5) is 2.47. The highest BCUT2D eigenvalue weighted by Gasteiger charge is 2.25. The van der Waals surface area contributed by atoms with Crippen molar-refractivity contribution in [1.29, 1.82) is 5.41 Å². The lowest BCUT2D eigenvalue weighted by Gasteiger charge is -2.23. The molecule has 0 saturated carbocycles. The van der Waals surface area contributed by atoms with Crippen molar-refractivity contribution in [2.24, 2.45) is 11.7 Å². The highest BCUT2D eigenvalue weighted by molar-refractivity contribution is 5.84. The fourth-order valence-corrected chi connectivity index (χ4v) is 3.05. The van der Waals surface area contributed by atoms with E-state index in [1.165, 1.54) is 25.8 Å². The molecule has 1 aromatic rings. The number of amidine groups is 1. The average molecular weight is 259 g/mol. The fraction of sp³-hybridized carbons (Fsp3) is 0.562. The molecule has 3 heteroatoms. The van der Waals surface area contributed by atoms with Gasteiger partial charge >= 0.3 is 0 Å². The zero-order chi connectivity index (χ0) is 13.7. The van der Waals surface area contributed by atoms with Gasteiger partial charge in [-0.2, -0.15) is 0 Å². The normalized spacial score (nSPS) is 21.4. The van der Waals surface area contributed by atoms with Crippen molar-refractivity contribution in [2.75, 3.05) is 19.6 Å². The van der Waals surface area contributed by atoms with Gasteiger partial charge in [0, 0.05) is 13.1 Å². The molecule has 2 unspecified atom stereocenters. The Hall–Kier alpha value is -1.35. The number of hydrogen-bond acceptors (Lipinski definition) is 2. The third-order valence-electron chi connectivity index (χ3n) is 4.09. The lowest BCUT2D eigenvalue weighted by Crippen LogP contribution is -2.33. The summed E-state index contributed by atoms with van der Waals surface area (Å²) in [5.41, 5.74) is 6.96. The standard InChI is InChI=1S/C16H25N3/c1-2-6-13-9-10-19(11-13)12-15(16(17)18)14-7-4-3-5-8-14/h3-5,7-8,13,15H,2,6,9-12H2,1H3,(H3,17,18). The number of hydrogen-bond donors (Lipinski definition) is 2. The van der Waals surface area contributed by atoms with Crippen LogP contribution in [0.1, 0.15) is 37.7 Å². The maximum absolute atomic E-state index is 7.84.